The molecule has 2 aromatic carbocycles. The van der Waals surface area contributed by atoms with Gasteiger partial charge >= 0.3 is 0 Å². The number of hydrogen-bond acceptors (Lipinski definition) is 2. The average molecular weight is 389 g/mol. The minimum Gasteiger partial charge on any atom is -0.348 e. The van der Waals surface area contributed by atoms with Crippen molar-refractivity contribution in [2.75, 3.05) is 11.4 Å². The zero-order chi connectivity index (χ0) is 18.5. The number of carbonyl (C=O) groups is 2. The number of benzene rings is 2. The number of nitrogens with one attached hydrogen (secondary N) is 1. The van der Waals surface area contributed by atoms with E-state index in [2.05, 4.69) is 5.32 Å². The van der Waals surface area contributed by atoms with Crippen molar-refractivity contribution in [2.45, 2.75) is 19.4 Å². The van der Waals surface area contributed by atoms with E-state index in [9.17, 15) is 9.59 Å². The van der Waals surface area contributed by atoms with Crippen LogP contribution in [-0.4, -0.2) is 18.4 Å². The maximum Gasteiger partial charge on any atom is 0.244 e. The monoisotopic (exact) mass is 388 g/mol. The minimum atomic E-state index is -0.213. The van der Waals surface area contributed by atoms with Crippen molar-refractivity contribution in [3.63, 3.8) is 0 Å². The molecule has 1 fully saturated rings. The normalized spacial score (nSPS) is 14.2. The van der Waals surface area contributed by atoms with Crippen LogP contribution in [0.15, 0.2) is 48.5 Å². The topological polar surface area (TPSA) is 49.4 Å². The van der Waals surface area contributed by atoms with Crippen LogP contribution in [0, 0.1) is 0 Å². The van der Waals surface area contributed by atoms with Crippen LogP contribution in [0.25, 0.3) is 6.08 Å². The summed E-state index contributed by atoms with van der Waals surface area (Å²) in [4.78, 5) is 25.5. The van der Waals surface area contributed by atoms with Gasteiger partial charge in [-0.25, -0.2) is 0 Å². The fraction of sp³-hybridized carbons (Fsp3) is 0.200. The van der Waals surface area contributed by atoms with Crippen molar-refractivity contribution in [3.05, 3.63) is 69.7 Å². The maximum atomic E-state index is 12.0. The second-order valence-corrected chi connectivity index (χ2v) is 6.88. The molecule has 1 heterocycles. The third-order valence-electron chi connectivity index (χ3n) is 4.16. The van der Waals surface area contributed by atoms with Gasteiger partial charge in [-0.2, -0.15) is 0 Å². The SMILES string of the molecule is O=C(/C=C/c1ccc(Cl)cc1Cl)NCc1ccc(N2CCCC2=O)cc1. The minimum absolute atomic E-state index is 0.164. The molecular formula is C20H18Cl2N2O2. The highest BCUT2D eigenvalue weighted by Gasteiger charge is 2.21. The largest absolute Gasteiger partial charge is 0.348 e. The predicted octanol–water partition coefficient (Wildman–Crippen LogP) is 4.45. The molecule has 134 valence electrons. The van der Waals surface area contributed by atoms with Gasteiger partial charge in [-0.3, -0.25) is 9.59 Å². The van der Waals surface area contributed by atoms with E-state index in [1.165, 1.54) is 6.08 Å². The quantitative estimate of drug-likeness (QED) is 0.769. The summed E-state index contributed by atoms with van der Waals surface area (Å²) in [5, 5.41) is 3.87. The first-order chi connectivity index (χ1) is 12.5. The smallest absolute Gasteiger partial charge is 0.244 e. The summed E-state index contributed by atoms with van der Waals surface area (Å²) >= 11 is 11.9. The lowest BCUT2D eigenvalue weighted by atomic mass is 10.2. The summed E-state index contributed by atoms with van der Waals surface area (Å²) in [5.74, 6) is -0.0492. The van der Waals surface area contributed by atoms with Crippen molar-refractivity contribution >= 4 is 46.8 Å². The van der Waals surface area contributed by atoms with E-state index in [1.54, 1.807) is 29.2 Å². The highest BCUT2D eigenvalue weighted by molar-refractivity contribution is 6.35. The lowest BCUT2D eigenvalue weighted by molar-refractivity contribution is -0.117. The van der Waals surface area contributed by atoms with Gasteiger partial charge in [-0.05, 0) is 47.9 Å². The van der Waals surface area contributed by atoms with Crippen molar-refractivity contribution in [1.29, 1.82) is 0 Å². The molecule has 0 atom stereocenters. The van der Waals surface area contributed by atoms with Gasteiger partial charge in [0, 0.05) is 41.3 Å². The van der Waals surface area contributed by atoms with E-state index in [0.717, 1.165) is 29.8 Å². The summed E-state index contributed by atoms with van der Waals surface area (Å²) in [6.45, 7) is 1.18. The van der Waals surface area contributed by atoms with Gasteiger partial charge in [0.2, 0.25) is 11.8 Å². The Morgan fingerprint density at radius 2 is 1.92 bits per heavy atom. The zero-order valence-corrected chi connectivity index (χ0v) is 15.6. The Labute approximate surface area is 162 Å². The molecule has 1 aliphatic heterocycles. The Morgan fingerprint density at radius 1 is 1.15 bits per heavy atom. The molecule has 0 radical (unpaired) electrons. The summed E-state index contributed by atoms with van der Waals surface area (Å²) in [5.41, 5.74) is 2.59. The summed E-state index contributed by atoms with van der Waals surface area (Å²) in [7, 11) is 0. The molecule has 26 heavy (non-hydrogen) atoms. The standard InChI is InChI=1S/C20H18Cl2N2O2/c21-16-7-5-15(18(22)12-16)6-10-19(25)23-13-14-3-8-17(9-4-14)24-11-1-2-20(24)26/h3-10,12H,1-2,11,13H2,(H,23,25)/b10-6+. The van der Waals surface area contributed by atoms with Gasteiger partial charge in [-0.15, -0.1) is 0 Å². The van der Waals surface area contributed by atoms with Crippen molar-refractivity contribution in [2.24, 2.45) is 0 Å². The number of anilines is 1. The van der Waals surface area contributed by atoms with Gasteiger partial charge in [0.25, 0.3) is 0 Å². The van der Waals surface area contributed by atoms with Crippen LogP contribution in [0.1, 0.15) is 24.0 Å². The van der Waals surface area contributed by atoms with E-state index < -0.39 is 0 Å². The van der Waals surface area contributed by atoms with Gasteiger partial charge in [0.15, 0.2) is 0 Å². The highest BCUT2D eigenvalue weighted by Crippen LogP contribution is 2.22. The molecule has 2 aromatic rings. The lowest BCUT2D eigenvalue weighted by Crippen LogP contribution is -2.23. The number of hydrogen-bond donors (Lipinski definition) is 1. The van der Waals surface area contributed by atoms with Gasteiger partial charge in [0.05, 0.1) is 0 Å². The molecule has 0 unspecified atom stereocenters. The van der Waals surface area contributed by atoms with Crippen LogP contribution in [0.4, 0.5) is 5.69 Å². The van der Waals surface area contributed by atoms with Crippen LogP contribution in [0.3, 0.4) is 0 Å². The van der Waals surface area contributed by atoms with E-state index in [4.69, 9.17) is 23.2 Å². The molecule has 0 bridgehead atoms. The third-order valence-corrected chi connectivity index (χ3v) is 4.73. The molecule has 1 N–H and O–H groups in total. The van der Waals surface area contributed by atoms with Crippen molar-refractivity contribution in [1.82, 2.24) is 5.32 Å². The molecule has 4 nitrogen and oxygen atoms in total. The predicted molar refractivity (Wildman–Crippen MR) is 105 cm³/mol. The summed E-state index contributed by atoms with van der Waals surface area (Å²) in [6.07, 6.45) is 4.60. The molecule has 0 aliphatic carbocycles. The number of nitrogens with zero attached hydrogens (tertiary/aromatic N) is 1. The molecule has 1 aliphatic rings. The molecule has 3 rings (SSSR count). The second-order valence-electron chi connectivity index (χ2n) is 6.03. The van der Waals surface area contributed by atoms with Crippen LogP contribution in [0.2, 0.25) is 10.0 Å². The number of rotatable bonds is 5. The number of amides is 2. The molecule has 0 saturated carbocycles. The fourth-order valence-corrected chi connectivity index (χ4v) is 3.24. The van der Waals surface area contributed by atoms with Gasteiger partial charge in [0.1, 0.15) is 0 Å². The number of carbonyl (C=O) groups excluding carboxylic acids is 2. The molecule has 6 heteroatoms. The Hall–Kier alpha value is -2.30. The Kier molecular flexibility index (Phi) is 5.96. The lowest BCUT2D eigenvalue weighted by Gasteiger charge is -2.15. The Bertz CT molecular complexity index is 847. The van der Waals surface area contributed by atoms with Crippen molar-refractivity contribution in [3.8, 4) is 0 Å². The fourth-order valence-electron chi connectivity index (χ4n) is 2.77. The first-order valence-electron chi connectivity index (χ1n) is 8.33. The van der Waals surface area contributed by atoms with E-state index in [0.29, 0.717) is 23.0 Å². The van der Waals surface area contributed by atoms with Crippen LogP contribution in [0.5, 0.6) is 0 Å². The van der Waals surface area contributed by atoms with E-state index >= 15 is 0 Å². The molecule has 0 aromatic heterocycles. The van der Waals surface area contributed by atoms with Crippen LogP contribution < -0.4 is 10.2 Å². The Balaban J connectivity index is 1.54. The van der Waals surface area contributed by atoms with Gasteiger partial charge in [-0.1, -0.05) is 41.4 Å². The average Bonchev–Trinajstić information content (AvgIpc) is 3.05. The van der Waals surface area contributed by atoms with Crippen LogP contribution >= 0.6 is 23.2 Å². The summed E-state index contributed by atoms with van der Waals surface area (Å²) in [6, 6.07) is 12.8. The zero-order valence-electron chi connectivity index (χ0n) is 14.0. The van der Waals surface area contributed by atoms with Gasteiger partial charge < -0.3 is 10.2 Å². The molecule has 1 saturated heterocycles. The van der Waals surface area contributed by atoms with Crippen molar-refractivity contribution < 1.29 is 9.59 Å². The van der Waals surface area contributed by atoms with Crippen LogP contribution in [-0.2, 0) is 16.1 Å². The Morgan fingerprint density at radius 3 is 2.58 bits per heavy atom. The number of halogens is 2. The highest BCUT2D eigenvalue weighted by atomic mass is 35.5. The first-order valence-corrected chi connectivity index (χ1v) is 9.09. The molecule has 2 amide bonds. The van der Waals surface area contributed by atoms with E-state index in [-0.39, 0.29) is 11.8 Å². The molecular weight excluding hydrogens is 371 g/mol. The van der Waals surface area contributed by atoms with E-state index in [1.807, 2.05) is 24.3 Å². The maximum absolute atomic E-state index is 12.0. The molecule has 0 spiro atoms. The third kappa shape index (κ3) is 4.65. The first kappa shape index (κ1) is 18.5. The second kappa shape index (κ2) is 8.39. The summed E-state index contributed by atoms with van der Waals surface area (Å²) < 4.78 is 0.